The lowest BCUT2D eigenvalue weighted by atomic mass is 10.1. The number of rotatable bonds is 8. The molecule has 1 aliphatic rings. The lowest BCUT2D eigenvalue weighted by molar-refractivity contribution is -0.128. The maximum atomic E-state index is 12.5. The van der Waals surface area contributed by atoms with Crippen molar-refractivity contribution in [3.05, 3.63) is 54.1 Å². The van der Waals surface area contributed by atoms with Gasteiger partial charge in [0.1, 0.15) is 11.5 Å². The van der Waals surface area contributed by atoms with Gasteiger partial charge < -0.3 is 24.4 Å². The van der Waals surface area contributed by atoms with E-state index in [1.54, 1.807) is 19.2 Å². The molecule has 1 aliphatic heterocycles. The maximum absolute atomic E-state index is 12.5. The van der Waals surface area contributed by atoms with Crippen LogP contribution in [-0.2, 0) is 16.1 Å². The van der Waals surface area contributed by atoms with Crippen LogP contribution < -0.4 is 19.7 Å². The Morgan fingerprint density at radius 1 is 1.07 bits per heavy atom. The van der Waals surface area contributed by atoms with Crippen molar-refractivity contribution in [2.24, 2.45) is 0 Å². The van der Waals surface area contributed by atoms with Crippen molar-refractivity contribution in [3.8, 4) is 11.5 Å². The van der Waals surface area contributed by atoms with Crippen molar-refractivity contribution in [2.45, 2.75) is 26.0 Å². The van der Waals surface area contributed by atoms with Gasteiger partial charge in [0.2, 0.25) is 0 Å². The first-order valence-corrected chi connectivity index (χ1v) is 9.69. The summed E-state index contributed by atoms with van der Waals surface area (Å²) in [7, 11) is 1.62. The molecule has 150 valence electrons. The first kappa shape index (κ1) is 20.0. The zero-order valence-corrected chi connectivity index (χ0v) is 16.5. The fraction of sp³-hybridized carbons (Fsp3) is 0.409. The van der Waals surface area contributed by atoms with Crippen LogP contribution in [0.4, 0.5) is 5.69 Å². The Morgan fingerprint density at radius 2 is 1.71 bits per heavy atom. The molecule has 1 heterocycles. The molecule has 1 atom stereocenters. The van der Waals surface area contributed by atoms with Crippen molar-refractivity contribution in [3.63, 3.8) is 0 Å². The SMILES string of the molecule is CC[C@H](Oc1ccc(OC)cc1)C(=O)NCc1ccc(N2CCOCC2)cc1. The molecule has 0 bridgehead atoms. The Balaban J connectivity index is 1.51. The van der Waals surface area contributed by atoms with Gasteiger partial charge in [-0.1, -0.05) is 19.1 Å². The highest BCUT2D eigenvalue weighted by atomic mass is 16.5. The summed E-state index contributed by atoms with van der Waals surface area (Å²) >= 11 is 0. The van der Waals surface area contributed by atoms with Gasteiger partial charge in [-0.15, -0.1) is 0 Å². The van der Waals surface area contributed by atoms with Gasteiger partial charge in [-0.25, -0.2) is 0 Å². The van der Waals surface area contributed by atoms with Crippen molar-refractivity contribution >= 4 is 11.6 Å². The van der Waals surface area contributed by atoms with Crippen LogP contribution in [0, 0.1) is 0 Å². The van der Waals surface area contributed by atoms with Crippen LogP contribution in [0.1, 0.15) is 18.9 Å². The van der Waals surface area contributed by atoms with Gasteiger partial charge in [0, 0.05) is 25.3 Å². The van der Waals surface area contributed by atoms with E-state index in [1.165, 1.54) is 5.69 Å². The predicted octanol–water partition coefficient (Wildman–Crippen LogP) is 3.01. The van der Waals surface area contributed by atoms with Crippen molar-refractivity contribution < 1.29 is 19.0 Å². The topological polar surface area (TPSA) is 60.0 Å². The fourth-order valence-electron chi connectivity index (χ4n) is 3.09. The number of hydrogen-bond acceptors (Lipinski definition) is 5. The molecule has 1 amide bonds. The second kappa shape index (κ2) is 9.99. The van der Waals surface area contributed by atoms with E-state index in [0.717, 1.165) is 37.6 Å². The molecule has 28 heavy (non-hydrogen) atoms. The van der Waals surface area contributed by atoms with Gasteiger partial charge in [-0.05, 0) is 48.4 Å². The van der Waals surface area contributed by atoms with Crippen LogP contribution in [0.25, 0.3) is 0 Å². The normalized spacial score (nSPS) is 15.0. The zero-order valence-electron chi connectivity index (χ0n) is 16.5. The summed E-state index contributed by atoms with van der Waals surface area (Å²) in [4.78, 5) is 14.8. The van der Waals surface area contributed by atoms with Gasteiger partial charge in [0.05, 0.1) is 20.3 Å². The quantitative estimate of drug-likeness (QED) is 0.758. The van der Waals surface area contributed by atoms with Gasteiger partial charge in [0.25, 0.3) is 5.91 Å². The van der Waals surface area contributed by atoms with Crippen LogP contribution in [-0.4, -0.2) is 45.4 Å². The second-order valence-corrected chi connectivity index (χ2v) is 6.67. The third kappa shape index (κ3) is 5.39. The molecule has 3 rings (SSSR count). The number of morpholine rings is 1. The Bertz CT molecular complexity index is 740. The van der Waals surface area contributed by atoms with E-state index in [2.05, 4.69) is 34.5 Å². The number of methoxy groups -OCH3 is 1. The number of carbonyl (C=O) groups is 1. The molecule has 2 aromatic rings. The Hall–Kier alpha value is -2.73. The van der Waals surface area contributed by atoms with Gasteiger partial charge in [-0.2, -0.15) is 0 Å². The number of anilines is 1. The molecule has 0 unspecified atom stereocenters. The van der Waals surface area contributed by atoms with Crippen LogP contribution in [0.15, 0.2) is 48.5 Å². The number of amides is 1. The lowest BCUT2D eigenvalue weighted by Gasteiger charge is -2.29. The van der Waals surface area contributed by atoms with E-state index < -0.39 is 6.10 Å². The zero-order chi connectivity index (χ0) is 19.8. The minimum Gasteiger partial charge on any atom is -0.497 e. The Labute approximate surface area is 166 Å². The highest BCUT2D eigenvalue weighted by Crippen LogP contribution is 2.19. The first-order valence-electron chi connectivity index (χ1n) is 9.69. The number of hydrogen-bond donors (Lipinski definition) is 1. The van der Waals surface area contributed by atoms with Crippen molar-refractivity contribution in [1.82, 2.24) is 5.32 Å². The van der Waals surface area contributed by atoms with Gasteiger partial charge >= 0.3 is 0 Å². The molecule has 0 radical (unpaired) electrons. The number of nitrogens with one attached hydrogen (secondary N) is 1. The third-order valence-corrected chi connectivity index (χ3v) is 4.78. The molecule has 6 heteroatoms. The maximum Gasteiger partial charge on any atom is 0.261 e. The van der Waals surface area contributed by atoms with E-state index in [4.69, 9.17) is 14.2 Å². The van der Waals surface area contributed by atoms with Crippen LogP contribution >= 0.6 is 0 Å². The summed E-state index contributed by atoms with van der Waals surface area (Å²) in [5, 5.41) is 2.97. The minimum atomic E-state index is -0.527. The summed E-state index contributed by atoms with van der Waals surface area (Å²) in [5.41, 5.74) is 2.25. The molecule has 1 fully saturated rings. The second-order valence-electron chi connectivity index (χ2n) is 6.67. The molecule has 6 nitrogen and oxygen atoms in total. The predicted molar refractivity (Wildman–Crippen MR) is 109 cm³/mol. The Morgan fingerprint density at radius 3 is 2.32 bits per heavy atom. The molecular formula is C22H28N2O4. The molecule has 1 saturated heterocycles. The van der Waals surface area contributed by atoms with Crippen molar-refractivity contribution in [1.29, 1.82) is 0 Å². The van der Waals surface area contributed by atoms with E-state index in [0.29, 0.717) is 18.7 Å². The standard InChI is InChI=1S/C22H28N2O4/c1-3-21(28-20-10-8-19(26-2)9-11-20)22(25)23-16-17-4-6-18(7-5-17)24-12-14-27-15-13-24/h4-11,21H,3,12-16H2,1-2H3,(H,23,25)/t21-/m0/s1. The van der Waals surface area contributed by atoms with Crippen LogP contribution in [0.3, 0.4) is 0 Å². The van der Waals surface area contributed by atoms with E-state index in [1.807, 2.05) is 19.1 Å². The van der Waals surface area contributed by atoms with Gasteiger partial charge in [0.15, 0.2) is 6.10 Å². The van der Waals surface area contributed by atoms with E-state index >= 15 is 0 Å². The molecule has 1 N–H and O–H groups in total. The van der Waals surface area contributed by atoms with E-state index in [9.17, 15) is 4.79 Å². The first-order chi connectivity index (χ1) is 13.7. The number of benzene rings is 2. The molecule has 0 aliphatic carbocycles. The summed E-state index contributed by atoms with van der Waals surface area (Å²) in [6.45, 7) is 5.78. The molecule has 0 saturated carbocycles. The largest absolute Gasteiger partial charge is 0.497 e. The summed E-state index contributed by atoms with van der Waals surface area (Å²) in [6, 6.07) is 15.5. The van der Waals surface area contributed by atoms with Gasteiger partial charge in [-0.3, -0.25) is 4.79 Å². The van der Waals surface area contributed by atoms with Crippen molar-refractivity contribution in [2.75, 3.05) is 38.3 Å². The fourth-order valence-corrected chi connectivity index (χ4v) is 3.09. The average molecular weight is 384 g/mol. The molecule has 2 aromatic carbocycles. The van der Waals surface area contributed by atoms with E-state index in [-0.39, 0.29) is 5.91 Å². The summed E-state index contributed by atoms with van der Waals surface area (Å²) in [6.07, 6.45) is 0.0643. The van der Waals surface area contributed by atoms with Crippen LogP contribution in [0.5, 0.6) is 11.5 Å². The number of ether oxygens (including phenoxy) is 3. The highest BCUT2D eigenvalue weighted by molar-refractivity contribution is 5.81. The molecule has 0 aromatic heterocycles. The summed E-state index contributed by atoms with van der Waals surface area (Å²) < 4.78 is 16.4. The monoisotopic (exact) mass is 384 g/mol. The number of nitrogens with zero attached hydrogens (tertiary/aromatic N) is 1. The number of carbonyl (C=O) groups excluding carboxylic acids is 1. The molecule has 0 spiro atoms. The lowest BCUT2D eigenvalue weighted by Crippen LogP contribution is -2.37. The minimum absolute atomic E-state index is 0.115. The average Bonchev–Trinajstić information content (AvgIpc) is 2.77. The highest BCUT2D eigenvalue weighted by Gasteiger charge is 2.18. The third-order valence-electron chi connectivity index (χ3n) is 4.78. The summed E-state index contributed by atoms with van der Waals surface area (Å²) in [5.74, 6) is 1.29. The smallest absolute Gasteiger partial charge is 0.261 e. The van der Waals surface area contributed by atoms with Crippen LogP contribution in [0.2, 0.25) is 0 Å². The Kier molecular flexibility index (Phi) is 7.14. The molecular weight excluding hydrogens is 356 g/mol.